The molecule has 1 nitrogen and oxygen atoms in total. The van der Waals surface area contributed by atoms with E-state index in [1.165, 1.54) is 12.8 Å². The van der Waals surface area contributed by atoms with E-state index in [-0.39, 0.29) is 5.82 Å². The summed E-state index contributed by atoms with van der Waals surface area (Å²) >= 11 is 0. The van der Waals surface area contributed by atoms with Crippen LogP contribution in [0.3, 0.4) is 0 Å². The first kappa shape index (κ1) is 13.2. The third-order valence-corrected chi connectivity index (χ3v) is 2.95. The van der Waals surface area contributed by atoms with Crippen molar-refractivity contribution in [2.75, 3.05) is 0 Å². The first-order chi connectivity index (χ1) is 7.67. The van der Waals surface area contributed by atoms with Crippen LogP contribution in [0.5, 0.6) is 0 Å². The average molecular weight is 223 g/mol. The van der Waals surface area contributed by atoms with Gasteiger partial charge in [0.15, 0.2) is 0 Å². The van der Waals surface area contributed by atoms with Gasteiger partial charge in [-0.3, -0.25) is 0 Å². The molecule has 2 heteroatoms. The van der Waals surface area contributed by atoms with E-state index in [0.29, 0.717) is 6.04 Å². The second-order valence-electron chi connectivity index (χ2n) is 4.36. The van der Waals surface area contributed by atoms with Gasteiger partial charge < -0.3 is 5.32 Å². The molecule has 0 saturated carbocycles. The maximum Gasteiger partial charge on any atom is 0.126 e. The van der Waals surface area contributed by atoms with Gasteiger partial charge in [0.25, 0.3) is 0 Å². The minimum Gasteiger partial charge on any atom is -0.310 e. The highest BCUT2D eigenvalue weighted by atomic mass is 19.1. The number of hydrogen-bond donors (Lipinski definition) is 1. The van der Waals surface area contributed by atoms with E-state index in [1.807, 2.05) is 19.1 Å². The van der Waals surface area contributed by atoms with Gasteiger partial charge in [0, 0.05) is 12.6 Å². The molecule has 1 rings (SSSR count). The quantitative estimate of drug-likeness (QED) is 0.773. The van der Waals surface area contributed by atoms with Gasteiger partial charge in [0.05, 0.1) is 0 Å². The lowest BCUT2D eigenvalue weighted by Gasteiger charge is -2.16. The van der Waals surface area contributed by atoms with Crippen LogP contribution in [0, 0.1) is 12.7 Å². The minimum absolute atomic E-state index is 0.121. The van der Waals surface area contributed by atoms with Gasteiger partial charge in [-0.05, 0) is 37.0 Å². The van der Waals surface area contributed by atoms with Crippen molar-refractivity contribution < 1.29 is 4.39 Å². The van der Waals surface area contributed by atoms with Gasteiger partial charge in [-0.2, -0.15) is 0 Å². The second-order valence-corrected chi connectivity index (χ2v) is 4.36. The molecule has 0 aliphatic rings. The van der Waals surface area contributed by atoms with Crippen LogP contribution in [0.2, 0.25) is 0 Å². The Hall–Kier alpha value is -0.890. The van der Waals surface area contributed by atoms with E-state index in [0.717, 1.165) is 24.1 Å². The van der Waals surface area contributed by atoms with Crippen molar-refractivity contribution in [1.29, 1.82) is 0 Å². The predicted octanol–water partition coefficient (Wildman–Crippen LogP) is 3.80. The lowest BCUT2D eigenvalue weighted by atomic mass is 10.1. The molecule has 1 N–H and O–H groups in total. The zero-order chi connectivity index (χ0) is 12.0. The molecule has 1 unspecified atom stereocenters. The fourth-order valence-corrected chi connectivity index (χ4v) is 1.88. The Bertz CT molecular complexity index is 323. The van der Waals surface area contributed by atoms with Crippen LogP contribution in [-0.4, -0.2) is 6.04 Å². The summed E-state index contributed by atoms with van der Waals surface area (Å²) in [7, 11) is 0. The van der Waals surface area contributed by atoms with E-state index in [4.69, 9.17) is 0 Å². The Morgan fingerprint density at radius 2 is 2.06 bits per heavy atom. The molecule has 1 aromatic rings. The number of halogens is 1. The van der Waals surface area contributed by atoms with Crippen LogP contribution >= 0.6 is 0 Å². The summed E-state index contributed by atoms with van der Waals surface area (Å²) in [6.45, 7) is 7.04. The summed E-state index contributed by atoms with van der Waals surface area (Å²) in [5.74, 6) is -0.121. The van der Waals surface area contributed by atoms with Crippen LogP contribution in [0.4, 0.5) is 4.39 Å². The highest BCUT2D eigenvalue weighted by Crippen LogP contribution is 2.10. The Morgan fingerprint density at radius 1 is 1.31 bits per heavy atom. The van der Waals surface area contributed by atoms with Crippen LogP contribution in [0.1, 0.15) is 44.2 Å². The average Bonchev–Trinajstić information content (AvgIpc) is 2.28. The molecule has 0 heterocycles. The fraction of sp³-hybridized carbons (Fsp3) is 0.571. The SMILES string of the molecule is CCCC(CC)NCc1ccc(F)c(C)c1. The predicted molar refractivity (Wildman–Crippen MR) is 67.0 cm³/mol. The van der Waals surface area contributed by atoms with Crippen LogP contribution in [0.25, 0.3) is 0 Å². The molecular formula is C14H22FN. The fourth-order valence-electron chi connectivity index (χ4n) is 1.88. The maximum atomic E-state index is 13.1. The van der Waals surface area contributed by atoms with Crippen molar-refractivity contribution in [3.05, 3.63) is 35.1 Å². The summed E-state index contributed by atoms with van der Waals surface area (Å²) in [6, 6.07) is 5.90. The Morgan fingerprint density at radius 3 is 2.62 bits per heavy atom. The zero-order valence-electron chi connectivity index (χ0n) is 10.5. The Labute approximate surface area is 98.1 Å². The number of hydrogen-bond acceptors (Lipinski definition) is 1. The van der Waals surface area contributed by atoms with Crippen molar-refractivity contribution in [2.45, 2.75) is 52.6 Å². The number of aryl methyl sites for hydroxylation is 1. The molecule has 0 aromatic heterocycles. The van der Waals surface area contributed by atoms with E-state index >= 15 is 0 Å². The molecule has 0 aliphatic heterocycles. The topological polar surface area (TPSA) is 12.0 Å². The molecule has 0 saturated heterocycles. The van der Waals surface area contributed by atoms with Gasteiger partial charge in [0.2, 0.25) is 0 Å². The largest absolute Gasteiger partial charge is 0.310 e. The van der Waals surface area contributed by atoms with Gasteiger partial charge in [-0.25, -0.2) is 4.39 Å². The van der Waals surface area contributed by atoms with Crippen LogP contribution < -0.4 is 5.32 Å². The molecule has 0 fully saturated rings. The minimum atomic E-state index is -0.121. The van der Waals surface area contributed by atoms with Gasteiger partial charge in [-0.1, -0.05) is 32.4 Å². The summed E-state index contributed by atoms with van der Waals surface area (Å²) < 4.78 is 13.1. The molecule has 0 radical (unpaired) electrons. The standard InChI is InChI=1S/C14H22FN/c1-4-6-13(5-2)16-10-12-7-8-14(15)11(3)9-12/h7-9,13,16H,4-6,10H2,1-3H3. The molecule has 1 atom stereocenters. The van der Waals surface area contributed by atoms with Crippen molar-refractivity contribution in [3.8, 4) is 0 Å². The van der Waals surface area contributed by atoms with E-state index in [1.54, 1.807) is 6.07 Å². The summed E-state index contributed by atoms with van der Waals surface area (Å²) in [5.41, 5.74) is 1.89. The number of rotatable bonds is 6. The van der Waals surface area contributed by atoms with E-state index in [9.17, 15) is 4.39 Å². The number of nitrogens with one attached hydrogen (secondary N) is 1. The van der Waals surface area contributed by atoms with E-state index in [2.05, 4.69) is 19.2 Å². The first-order valence-corrected chi connectivity index (χ1v) is 6.15. The summed E-state index contributed by atoms with van der Waals surface area (Å²) in [5, 5.41) is 3.51. The smallest absolute Gasteiger partial charge is 0.126 e. The van der Waals surface area contributed by atoms with E-state index < -0.39 is 0 Å². The first-order valence-electron chi connectivity index (χ1n) is 6.15. The molecule has 90 valence electrons. The van der Waals surface area contributed by atoms with Crippen LogP contribution in [0.15, 0.2) is 18.2 Å². The van der Waals surface area contributed by atoms with Gasteiger partial charge in [-0.15, -0.1) is 0 Å². The third-order valence-electron chi connectivity index (χ3n) is 2.95. The summed E-state index contributed by atoms with van der Waals surface area (Å²) in [6.07, 6.45) is 3.55. The van der Waals surface area contributed by atoms with Crippen molar-refractivity contribution in [3.63, 3.8) is 0 Å². The van der Waals surface area contributed by atoms with Gasteiger partial charge >= 0.3 is 0 Å². The number of benzene rings is 1. The van der Waals surface area contributed by atoms with Crippen LogP contribution in [-0.2, 0) is 6.54 Å². The highest BCUT2D eigenvalue weighted by molar-refractivity contribution is 5.23. The molecule has 0 bridgehead atoms. The molecular weight excluding hydrogens is 201 g/mol. The highest BCUT2D eigenvalue weighted by Gasteiger charge is 2.04. The van der Waals surface area contributed by atoms with Gasteiger partial charge in [0.1, 0.15) is 5.82 Å². The van der Waals surface area contributed by atoms with Crippen molar-refractivity contribution >= 4 is 0 Å². The Balaban J connectivity index is 2.50. The normalized spacial score (nSPS) is 12.8. The molecule has 0 aliphatic carbocycles. The molecule has 0 amide bonds. The Kier molecular flexibility index (Phi) is 5.47. The molecule has 16 heavy (non-hydrogen) atoms. The third kappa shape index (κ3) is 3.93. The monoisotopic (exact) mass is 223 g/mol. The van der Waals surface area contributed by atoms with Crippen molar-refractivity contribution in [2.24, 2.45) is 0 Å². The zero-order valence-corrected chi connectivity index (χ0v) is 10.5. The summed E-state index contributed by atoms with van der Waals surface area (Å²) in [4.78, 5) is 0. The second kappa shape index (κ2) is 6.64. The molecule has 0 spiro atoms. The van der Waals surface area contributed by atoms with Crippen molar-refractivity contribution in [1.82, 2.24) is 5.32 Å². The molecule has 1 aromatic carbocycles. The lowest BCUT2D eigenvalue weighted by molar-refractivity contribution is 0.462. The lowest BCUT2D eigenvalue weighted by Crippen LogP contribution is -2.27. The maximum absolute atomic E-state index is 13.1.